The first-order valence-corrected chi connectivity index (χ1v) is 8.67. The summed E-state index contributed by atoms with van der Waals surface area (Å²) in [5.74, 6) is -0.373. The third-order valence-corrected chi connectivity index (χ3v) is 4.87. The maximum absolute atomic E-state index is 11.4. The van der Waals surface area contributed by atoms with Gasteiger partial charge in [-0.2, -0.15) is 0 Å². The second-order valence-corrected chi connectivity index (χ2v) is 7.01. The van der Waals surface area contributed by atoms with E-state index in [1.54, 1.807) is 13.1 Å². The van der Waals surface area contributed by atoms with Crippen LogP contribution in [-0.2, 0) is 4.79 Å². The van der Waals surface area contributed by atoms with Gasteiger partial charge in [-0.1, -0.05) is 59.8 Å². The number of benzene rings is 2. The van der Waals surface area contributed by atoms with Gasteiger partial charge in [-0.25, -0.2) is 4.98 Å². The number of hydrogen-bond donors (Lipinski definition) is 1. The van der Waals surface area contributed by atoms with Crippen LogP contribution in [0.5, 0.6) is 0 Å². The molecule has 3 rings (SSSR count). The molecule has 1 unspecified atom stereocenters. The van der Waals surface area contributed by atoms with Crippen LogP contribution < -0.4 is 5.73 Å². The fraction of sp³-hybridized carbons (Fsp3) is 0.111. The predicted molar refractivity (Wildman–Crippen MR) is 98.5 cm³/mol. The number of carbonyl (C=O) groups is 1. The Morgan fingerprint density at radius 3 is 2.62 bits per heavy atom. The largest absolute Gasteiger partial charge is 0.369 e. The quantitative estimate of drug-likeness (QED) is 0.697. The first-order chi connectivity index (χ1) is 11.6. The number of nitrogens with two attached hydrogens (primary N) is 1. The fourth-order valence-electron chi connectivity index (χ4n) is 2.31. The summed E-state index contributed by atoms with van der Waals surface area (Å²) in [4.78, 5) is 15.9. The molecule has 6 heteroatoms. The van der Waals surface area contributed by atoms with Gasteiger partial charge in [-0.3, -0.25) is 9.36 Å². The molecule has 1 heterocycles. The van der Waals surface area contributed by atoms with Crippen molar-refractivity contribution in [2.24, 2.45) is 5.73 Å². The zero-order valence-electron chi connectivity index (χ0n) is 13.0. The van der Waals surface area contributed by atoms with Gasteiger partial charge in [-0.05, 0) is 25.1 Å². The molecule has 0 fully saturated rings. The van der Waals surface area contributed by atoms with Crippen molar-refractivity contribution in [1.29, 1.82) is 0 Å². The normalized spacial score (nSPS) is 12.1. The lowest BCUT2D eigenvalue weighted by atomic mass is 10.1. The molecule has 0 saturated heterocycles. The Balaban J connectivity index is 2.14. The molecule has 1 aromatic heterocycles. The monoisotopic (exact) mass is 357 g/mol. The van der Waals surface area contributed by atoms with Crippen molar-refractivity contribution >= 4 is 29.3 Å². The summed E-state index contributed by atoms with van der Waals surface area (Å²) in [6, 6.07) is 17.5. The maximum atomic E-state index is 11.4. The molecular formula is C18H16ClN3OS. The van der Waals surface area contributed by atoms with Crippen LogP contribution in [0.4, 0.5) is 0 Å². The molecule has 4 nitrogen and oxygen atoms in total. The van der Waals surface area contributed by atoms with Gasteiger partial charge < -0.3 is 5.73 Å². The Morgan fingerprint density at radius 2 is 1.96 bits per heavy atom. The summed E-state index contributed by atoms with van der Waals surface area (Å²) in [6.45, 7) is 1.77. The van der Waals surface area contributed by atoms with Crippen LogP contribution in [0.25, 0.3) is 16.9 Å². The molecular weight excluding hydrogens is 342 g/mol. The molecule has 0 aliphatic carbocycles. The Hall–Kier alpha value is -2.24. The molecule has 24 heavy (non-hydrogen) atoms. The minimum atomic E-state index is -0.381. The van der Waals surface area contributed by atoms with Gasteiger partial charge in [0.05, 0.1) is 17.1 Å². The Labute approximate surface area is 149 Å². The van der Waals surface area contributed by atoms with Crippen LogP contribution in [0.1, 0.15) is 6.92 Å². The number of nitrogens with zero attached hydrogens (tertiary/aromatic N) is 2. The molecule has 3 aromatic rings. The summed E-state index contributed by atoms with van der Waals surface area (Å²) in [5.41, 5.74) is 8.24. The number of hydrogen-bond acceptors (Lipinski definition) is 3. The number of halogens is 1. The second kappa shape index (κ2) is 7.11. The summed E-state index contributed by atoms with van der Waals surface area (Å²) in [6.07, 6.45) is 1.80. The number of thioether (sulfide) groups is 1. The summed E-state index contributed by atoms with van der Waals surface area (Å²) >= 11 is 7.48. The highest BCUT2D eigenvalue weighted by atomic mass is 35.5. The van der Waals surface area contributed by atoms with Crippen molar-refractivity contribution in [3.05, 3.63) is 65.8 Å². The summed E-state index contributed by atoms with van der Waals surface area (Å²) in [7, 11) is 0. The second-order valence-electron chi connectivity index (χ2n) is 5.27. The lowest BCUT2D eigenvalue weighted by molar-refractivity contribution is -0.117. The Kier molecular flexibility index (Phi) is 4.92. The number of primary amides is 1. The molecule has 122 valence electrons. The van der Waals surface area contributed by atoms with E-state index in [1.807, 2.05) is 59.2 Å². The molecule has 0 spiro atoms. The highest BCUT2D eigenvalue weighted by Gasteiger charge is 2.19. The lowest BCUT2D eigenvalue weighted by Crippen LogP contribution is -2.23. The van der Waals surface area contributed by atoms with Crippen molar-refractivity contribution in [2.75, 3.05) is 0 Å². The number of rotatable bonds is 5. The maximum Gasteiger partial charge on any atom is 0.230 e. The van der Waals surface area contributed by atoms with Gasteiger partial charge in [-0.15, -0.1) is 0 Å². The van der Waals surface area contributed by atoms with Crippen LogP contribution in [0.3, 0.4) is 0 Å². The minimum Gasteiger partial charge on any atom is -0.369 e. The van der Waals surface area contributed by atoms with Crippen molar-refractivity contribution in [2.45, 2.75) is 17.3 Å². The molecule has 0 aliphatic rings. The van der Waals surface area contributed by atoms with Gasteiger partial charge in [0.2, 0.25) is 5.91 Å². The average molecular weight is 358 g/mol. The molecule has 1 atom stereocenters. The highest BCUT2D eigenvalue weighted by Crippen LogP contribution is 2.32. The zero-order valence-corrected chi connectivity index (χ0v) is 14.6. The first-order valence-electron chi connectivity index (χ1n) is 7.41. The predicted octanol–water partition coefficient (Wildman–Crippen LogP) is 4.16. The lowest BCUT2D eigenvalue weighted by Gasteiger charge is -2.14. The van der Waals surface area contributed by atoms with Gasteiger partial charge >= 0.3 is 0 Å². The third-order valence-electron chi connectivity index (χ3n) is 3.55. The third kappa shape index (κ3) is 3.47. The van der Waals surface area contributed by atoms with E-state index >= 15 is 0 Å². The number of carbonyl (C=O) groups excluding carboxylic acids is 1. The summed E-state index contributed by atoms with van der Waals surface area (Å²) < 4.78 is 1.99. The fourth-order valence-corrected chi connectivity index (χ4v) is 3.35. The van der Waals surface area contributed by atoms with E-state index in [1.165, 1.54) is 11.8 Å². The standard InChI is InChI=1S/C18H16ClN3OS/c1-12(17(20)23)24-18-21-11-16(13-6-3-2-4-7-13)22(18)15-9-5-8-14(19)10-15/h2-12H,1H3,(H2,20,23). The molecule has 0 saturated carbocycles. The molecule has 2 N–H and O–H groups in total. The van der Waals surface area contributed by atoms with Gasteiger partial charge in [0.15, 0.2) is 5.16 Å². The number of aromatic nitrogens is 2. The highest BCUT2D eigenvalue weighted by molar-refractivity contribution is 8.00. The molecule has 2 aromatic carbocycles. The zero-order chi connectivity index (χ0) is 17.1. The topological polar surface area (TPSA) is 60.9 Å². The molecule has 0 aliphatic heterocycles. The van der Waals surface area contributed by atoms with E-state index in [0.29, 0.717) is 10.2 Å². The van der Waals surface area contributed by atoms with E-state index in [9.17, 15) is 4.79 Å². The van der Waals surface area contributed by atoms with E-state index < -0.39 is 0 Å². The van der Waals surface area contributed by atoms with Crippen LogP contribution in [-0.4, -0.2) is 20.7 Å². The van der Waals surface area contributed by atoms with Crippen molar-refractivity contribution < 1.29 is 4.79 Å². The van der Waals surface area contributed by atoms with Crippen molar-refractivity contribution in [3.8, 4) is 16.9 Å². The van der Waals surface area contributed by atoms with Crippen LogP contribution in [0.15, 0.2) is 66.0 Å². The molecule has 0 bridgehead atoms. The minimum absolute atomic E-state index is 0.373. The smallest absolute Gasteiger partial charge is 0.230 e. The summed E-state index contributed by atoms with van der Waals surface area (Å²) in [5, 5.41) is 0.954. The van der Waals surface area contributed by atoms with Crippen molar-refractivity contribution in [3.63, 3.8) is 0 Å². The van der Waals surface area contributed by atoms with Gasteiger partial charge in [0.1, 0.15) is 0 Å². The van der Waals surface area contributed by atoms with E-state index in [2.05, 4.69) is 4.98 Å². The molecule has 1 amide bonds. The Morgan fingerprint density at radius 1 is 1.21 bits per heavy atom. The number of amides is 1. The van der Waals surface area contributed by atoms with Crippen molar-refractivity contribution in [1.82, 2.24) is 9.55 Å². The Bertz CT molecular complexity index is 864. The van der Waals surface area contributed by atoms with E-state index in [4.69, 9.17) is 17.3 Å². The van der Waals surface area contributed by atoms with Crippen LogP contribution in [0, 0.1) is 0 Å². The number of imidazole rings is 1. The molecule has 0 radical (unpaired) electrons. The van der Waals surface area contributed by atoms with Crippen LogP contribution >= 0.6 is 23.4 Å². The SMILES string of the molecule is CC(Sc1ncc(-c2ccccc2)n1-c1cccc(Cl)c1)C(N)=O. The van der Waals surface area contributed by atoms with Gasteiger partial charge in [0.25, 0.3) is 0 Å². The first kappa shape index (κ1) is 16.6. The van der Waals surface area contributed by atoms with E-state index in [0.717, 1.165) is 16.9 Å². The average Bonchev–Trinajstić information content (AvgIpc) is 2.99. The van der Waals surface area contributed by atoms with Gasteiger partial charge in [0, 0.05) is 16.3 Å². The van der Waals surface area contributed by atoms with E-state index in [-0.39, 0.29) is 11.2 Å². The van der Waals surface area contributed by atoms with Crippen LogP contribution in [0.2, 0.25) is 5.02 Å².